The van der Waals surface area contributed by atoms with Crippen LogP contribution in [0, 0.1) is 0 Å². The second-order valence-electron chi connectivity index (χ2n) is 4.46. The summed E-state index contributed by atoms with van der Waals surface area (Å²) in [5.74, 6) is 0.321. The lowest BCUT2D eigenvalue weighted by Crippen LogP contribution is -2.06. The average Bonchev–Trinajstić information content (AvgIpc) is 2.86. The predicted molar refractivity (Wildman–Crippen MR) is 79.8 cm³/mol. The van der Waals surface area contributed by atoms with Crippen molar-refractivity contribution < 1.29 is 5.11 Å². The molecule has 0 saturated carbocycles. The molecule has 0 saturated heterocycles. The number of nitrogens with zero attached hydrogens (tertiary/aromatic N) is 1. The van der Waals surface area contributed by atoms with Crippen LogP contribution in [0.25, 0.3) is 10.2 Å². The SMILES string of the molecule is CC(Nc1ccc2ncsc2c1)c1ccccc1O. The van der Waals surface area contributed by atoms with Crippen molar-refractivity contribution in [1.29, 1.82) is 0 Å². The molecule has 0 bridgehead atoms. The summed E-state index contributed by atoms with van der Waals surface area (Å²) in [5, 5.41) is 13.2. The number of phenolic OH excluding ortho intramolecular Hbond substituents is 1. The largest absolute Gasteiger partial charge is 0.508 e. The second kappa shape index (κ2) is 4.90. The molecule has 3 rings (SSSR count). The van der Waals surface area contributed by atoms with Gasteiger partial charge in [0.2, 0.25) is 0 Å². The van der Waals surface area contributed by atoms with Gasteiger partial charge in [-0.05, 0) is 31.2 Å². The Balaban J connectivity index is 1.86. The number of benzene rings is 2. The van der Waals surface area contributed by atoms with Crippen molar-refractivity contribution in [3.05, 3.63) is 53.5 Å². The molecule has 0 aliphatic heterocycles. The summed E-state index contributed by atoms with van der Waals surface area (Å²) in [7, 11) is 0. The first kappa shape index (κ1) is 12.0. The minimum Gasteiger partial charge on any atom is -0.508 e. The zero-order chi connectivity index (χ0) is 13.2. The van der Waals surface area contributed by atoms with E-state index in [1.807, 2.05) is 42.8 Å². The smallest absolute Gasteiger partial charge is 0.120 e. The first-order chi connectivity index (χ1) is 9.24. The van der Waals surface area contributed by atoms with E-state index in [0.717, 1.165) is 21.5 Å². The third kappa shape index (κ3) is 2.39. The summed E-state index contributed by atoms with van der Waals surface area (Å²) in [6.07, 6.45) is 0. The van der Waals surface area contributed by atoms with Crippen molar-refractivity contribution in [3.63, 3.8) is 0 Å². The predicted octanol–water partition coefficient (Wildman–Crippen LogP) is 4.18. The molecule has 3 aromatic rings. The maximum absolute atomic E-state index is 9.85. The number of thiazole rings is 1. The van der Waals surface area contributed by atoms with Crippen LogP contribution in [0.2, 0.25) is 0 Å². The number of phenols is 1. The first-order valence-corrected chi connectivity index (χ1v) is 6.99. The zero-order valence-corrected chi connectivity index (χ0v) is 11.3. The van der Waals surface area contributed by atoms with Crippen LogP contribution >= 0.6 is 11.3 Å². The average molecular weight is 270 g/mol. The summed E-state index contributed by atoms with van der Waals surface area (Å²) in [5.41, 5.74) is 4.80. The van der Waals surface area contributed by atoms with Crippen LogP contribution in [-0.2, 0) is 0 Å². The van der Waals surface area contributed by atoms with E-state index in [1.54, 1.807) is 17.4 Å². The van der Waals surface area contributed by atoms with Gasteiger partial charge in [0.25, 0.3) is 0 Å². The summed E-state index contributed by atoms with van der Waals surface area (Å²) in [6.45, 7) is 2.03. The number of rotatable bonds is 3. The minimum atomic E-state index is 0.0478. The van der Waals surface area contributed by atoms with Crippen molar-refractivity contribution in [2.75, 3.05) is 5.32 Å². The number of nitrogens with one attached hydrogen (secondary N) is 1. The fraction of sp³-hybridized carbons (Fsp3) is 0.133. The molecule has 3 nitrogen and oxygen atoms in total. The van der Waals surface area contributed by atoms with E-state index in [0.29, 0.717) is 5.75 Å². The third-order valence-electron chi connectivity index (χ3n) is 3.12. The summed E-state index contributed by atoms with van der Waals surface area (Å²) >= 11 is 1.63. The molecule has 0 radical (unpaired) electrons. The number of anilines is 1. The Morgan fingerprint density at radius 3 is 2.89 bits per heavy atom. The Morgan fingerprint density at radius 1 is 1.21 bits per heavy atom. The maximum Gasteiger partial charge on any atom is 0.120 e. The highest BCUT2D eigenvalue weighted by Crippen LogP contribution is 2.28. The van der Waals surface area contributed by atoms with Crippen molar-refractivity contribution in [2.45, 2.75) is 13.0 Å². The normalized spacial score (nSPS) is 12.5. The molecule has 0 aliphatic rings. The molecule has 1 aromatic heterocycles. The van der Waals surface area contributed by atoms with E-state index >= 15 is 0 Å². The third-order valence-corrected chi connectivity index (χ3v) is 3.91. The van der Waals surface area contributed by atoms with E-state index in [9.17, 15) is 5.11 Å². The van der Waals surface area contributed by atoms with E-state index in [1.165, 1.54) is 0 Å². The number of aromatic nitrogens is 1. The lowest BCUT2D eigenvalue weighted by Gasteiger charge is -2.16. The van der Waals surface area contributed by atoms with E-state index in [4.69, 9.17) is 0 Å². The van der Waals surface area contributed by atoms with E-state index < -0.39 is 0 Å². The molecule has 0 spiro atoms. The standard InChI is InChI=1S/C15H14N2OS/c1-10(12-4-2-3-5-14(12)18)17-11-6-7-13-15(8-11)19-9-16-13/h2-10,17-18H,1H3. The fourth-order valence-electron chi connectivity index (χ4n) is 2.13. The molecule has 96 valence electrons. The van der Waals surface area contributed by atoms with Crippen LogP contribution < -0.4 is 5.32 Å². The summed E-state index contributed by atoms with van der Waals surface area (Å²) < 4.78 is 1.16. The quantitative estimate of drug-likeness (QED) is 0.750. The number of hydrogen-bond acceptors (Lipinski definition) is 4. The Labute approximate surface area is 115 Å². The number of hydrogen-bond donors (Lipinski definition) is 2. The highest BCUT2D eigenvalue weighted by molar-refractivity contribution is 7.16. The molecule has 1 heterocycles. The fourth-order valence-corrected chi connectivity index (χ4v) is 2.84. The van der Waals surface area contributed by atoms with Crippen LogP contribution in [-0.4, -0.2) is 10.1 Å². The molecule has 2 aromatic carbocycles. The van der Waals surface area contributed by atoms with Crippen LogP contribution in [0.3, 0.4) is 0 Å². The van der Waals surface area contributed by atoms with Crippen LogP contribution in [0.5, 0.6) is 5.75 Å². The summed E-state index contributed by atoms with van der Waals surface area (Å²) in [6, 6.07) is 13.5. The van der Waals surface area contributed by atoms with Gasteiger partial charge in [0.1, 0.15) is 5.75 Å². The van der Waals surface area contributed by atoms with Gasteiger partial charge in [0.05, 0.1) is 21.8 Å². The Hall–Kier alpha value is -2.07. The molecule has 0 aliphatic carbocycles. The lowest BCUT2D eigenvalue weighted by atomic mass is 10.1. The lowest BCUT2D eigenvalue weighted by molar-refractivity contribution is 0.465. The molecule has 0 fully saturated rings. The van der Waals surface area contributed by atoms with Gasteiger partial charge < -0.3 is 10.4 Å². The molecule has 0 amide bonds. The van der Waals surface area contributed by atoms with Gasteiger partial charge in [-0.25, -0.2) is 4.98 Å². The number of aromatic hydroxyl groups is 1. The van der Waals surface area contributed by atoms with E-state index in [2.05, 4.69) is 16.4 Å². The molecular weight excluding hydrogens is 256 g/mol. The van der Waals surface area contributed by atoms with E-state index in [-0.39, 0.29) is 6.04 Å². The molecular formula is C15H14N2OS. The number of para-hydroxylation sites is 1. The van der Waals surface area contributed by atoms with Crippen molar-refractivity contribution in [3.8, 4) is 5.75 Å². The number of fused-ring (bicyclic) bond motifs is 1. The molecule has 1 atom stereocenters. The van der Waals surface area contributed by atoms with Crippen LogP contribution in [0.1, 0.15) is 18.5 Å². The Morgan fingerprint density at radius 2 is 2.05 bits per heavy atom. The van der Waals surface area contributed by atoms with Crippen molar-refractivity contribution in [2.24, 2.45) is 0 Å². The van der Waals surface area contributed by atoms with Gasteiger partial charge in [-0.15, -0.1) is 11.3 Å². The van der Waals surface area contributed by atoms with Crippen LogP contribution in [0.15, 0.2) is 48.0 Å². The van der Waals surface area contributed by atoms with Gasteiger partial charge in [0.15, 0.2) is 0 Å². The monoisotopic (exact) mass is 270 g/mol. The van der Waals surface area contributed by atoms with Gasteiger partial charge >= 0.3 is 0 Å². The molecule has 19 heavy (non-hydrogen) atoms. The topological polar surface area (TPSA) is 45.2 Å². The second-order valence-corrected chi connectivity index (χ2v) is 5.35. The Bertz CT molecular complexity index is 708. The molecule has 2 N–H and O–H groups in total. The van der Waals surface area contributed by atoms with Crippen molar-refractivity contribution >= 4 is 27.2 Å². The van der Waals surface area contributed by atoms with Crippen molar-refractivity contribution in [1.82, 2.24) is 4.98 Å². The highest BCUT2D eigenvalue weighted by Gasteiger charge is 2.09. The zero-order valence-electron chi connectivity index (χ0n) is 10.5. The molecule has 1 unspecified atom stereocenters. The maximum atomic E-state index is 9.85. The molecule has 4 heteroatoms. The van der Waals surface area contributed by atoms with Gasteiger partial charge in [-0.1, -0.05) is 18.2 Å². The minimum absolute atomic E-state index is 0.0478. The van der Waals surface area contributed by atoms with Crippen LogP contribution in [0.4, 0.5) is 5.69 Å². The first-order valence-electron chi connectivity index (χ1n) is 6.12. The Kier molecular flexibility index (Phi) is 3.09. The van der Waals surface area contributed by atoms with Gasteiger partial charge in [-0.2, -0.15) is 0 Å². The summed E-state index contributed by atoms with van der Waals surface area (Å²) in [4.78, 5) is 4.26. The van der Waals surface area contributed by atoms with Gasteiger partial charge in [0, 0.05) is 11.3 Å². The highest BCUT2D eigenvalue weighted by atomic mass is 32.1. The van der Waals surface area contributed by atoms with Gasteiger partial charge in [-0.3, -0.25) is 0 Å².